The monoisotopic (exact) mass is 596 g/mol. The van der Waals surface area contributed by atoms with Gasteiger partial charge >= 0.3 is 5.97 Å². The van der Waals surface area contributed by atoms with Gasteiger partial charge < -0.3 is 14.8 Å². The molecule has 0 aliphatic heterocycles. The van der Waals surface area contributed by atoms with Crippen LogP contribution in [-0.4, -0.2) is 46.1 Å². The number of unbranched alkanes of at least 4 members (excludes halogenated alkanes) is 1. The second-order valence-electron chi connectivity index (χ2n) is 8.62. The molecular weight excluding hydrogens is 568 g/mol. The summed E-state index contributed by atoms with van der Waals surface area (Å²) in [4.78, 5) is 25.6. The number of benzene rings is 2. The first kappa shape index (κ1) is 29.4. The fourth-order valence-electron chi connectivity index (χ4n) is 3.83. The number of hydrogen-bond donors (Lipinski definition) is 1. The number of rotatable bonds is 13. The number of aromatic nitrogens is 3. The largest absolute Gasteiger partial charge is 0.494 e. The summed E-state index contributed by atoms with van der Waals surface area (Å²) in [5.74, 6) is 0.710. The zero-order chi connectivity index (χ0) is 28.5. The molecule has 4 rings (SSSR count). The van der Waals surface area contributed by atoms with Gasteiger partial charge in [-0.25, -0.2) is 4.79 Å². The molecule has 2 aromatic heterocycles. The van der Waals surface area contributed by atoms with Crippen molar-refractivity contribution in [1.29, 1.82) is 0 Å². The average molecular weight is 597 g/mol. The molecule has 4 aromatic rings. The molecule has 0 aliphatic carbocycles. The van der Waals surface area contributed by atoms with Gasteiger partial charge in [0, 0.05) is 28.1 Å². The second-order valence-corrected chi connectivity index (χ2v) is 10.9. The zero-order valence-electron chi connectivity index (χ0n) is 22.2. The number of thioether (sulfide) groups is 1. The quantitative estimate of drug-likeness (QED) is 0.0754. The smallest absolute Gasteiger partial charge is 0.341 e. The average Bonchev–Trinajstić information content (AvgIpc) is 3.57. The van der Waals surface area contributed by atoms with E-state index in [2.05, 4.69) is 29.0 Å². The van der Waals surface area contributed by atoms with E-state index in [-0.39, 0.29) is 11.7 Å². The maximum absolute atomic E-state index is 12.9. The number of halogens is 1. The zero-order valence-corrected chi connectivity index (χ0v) is 24.6. The molecule has 8 nitrogen and oxygen atoms in total. The van der Waals surface area contributed by atoms with Gasteiger partial charge in [0.1, 0.15) is 16.3 Å². The molecule has 2 heterocycles. The summed E-state index contributed by atoms with van der Waals surface area (Å²) in [6, 6.07) is 14.8. The lowest BCUT2D eigenvalue weighted by atomic mass is 10.0. The van der Waals surface area contributed by atoms with Crippen LogP contribution < -0.4 is 10.1 Å². The predicted octanol–water partition coefficient (Wildman–Crippen LogP) is 7.21. The van der Waals surface area contributed by atoms with Crippen molar-refractivity contribution in [3.63, 3.8) is 0 Å². The lowest BCUT2D eigenvalue weighted by Gasteiger charge is -2.10. The Hall–Kier alpha value is -3.60. The summed E-state index contributed by atoms with van der Waals surface area (Å²) in [6.45, 7) is 7.13. The maximum Gasteiger partial charge on any atom is 0.341 e. The van der Waals surface area contributed by atoms with E-state index in [0.29, 0.717) is 45.3 Å². The van der Waals surface area contributed by atoms with E-state index in [1.807, 2.05) is 46.3 Å². The number of anilines is 1. The number of nitrogens with zero attached hydrogens (tertiary/aromatic N) is 3. The Morgan fingerprint density at radius 2 is 1.85 bits per heavy atom. The van der Waals surface area contributed by atoms with Crippen LogP contribution in [0.1, 0.15) is 30.1 Å². The number of allylic oxidation sites excluding steroid dienone is 1. The van der Waals surface area contributed by atoms with Gasteiger partial charge in [0.2, 0.25) is 5.91 Å². The van der Waals surface area contributed by atoms with Gasteiger partial charge in [-0.15, -0.1) is 28.1 Å². The molecule has 11 heteroatoms. The predicted molar refractivity (Wildman–Crippen MR) is 162 cm³/mol. The number of methoxy groups -OCH3 is 1. The Kier molecular flexibility index (Phi) is 10.4. The number of esters is 1. The Balaban J connectivity index is 1.47. The van der Waals surface area contributed by atoms with Crippen LogP contribution in [-0.2, 0) is 16.1 Å². The molecule has 2 aromatic carbocycles. The van der Waals surface area contributed by atoms with Gasteiger partial charge in [0.15, 0.2) is 11.0 Å². The van der Waals surface area contributed by atoms with Crippen molar-refractivity contribution in [2.24, 2.45) is 0 Å². The minimum Gasteiger partial charge on any atom is -0.494 e. The van der Waals surface area contributed by atoms with Gasteiger partial charge in [0.25, 0.3) is 0 Å². The highest BCUT2D eigenvalue weighted by molar-refractivity contribution is 7.99. The van der Waals surface area contributed by atoms with Gasteiger partial charge in [0.05, 0.1) is 19.5 Å². The molecule has 0 saturated carbocycles. The van der Waals surface area contributed by atoms with Crippen LogP contribution in [0.3, 0.4) is 0 Å². The molecule has 1 amide bonds. The third-order valence-corrected chi connectivity index (χ3v) is 7.94. The van der Waals surface area contributed by atoms with Crippen molar-refractivity contribution < 1.29 is 19.1 Å². The van der Waals surface area contributed by atoms with Crippen molar-refractivity contribution >= 4 is 51.6 Å². The summed E-state index contributed by atoms with van der Waals surface area (Å²) in [5.41, 5.74) is 2.63. The van der Waals surface area contributed by atoms with E-state index in [9.17, 15) is 9.59 Å². The molecule has 1 N–H and O–H groups in total. The first-order valence-electron chi connectivity index (χ1n) is 12.6. The van der Waals surface area contributed by atoms with Crippen LogP contribution in [0.4, 0.5) is 5.00 Å². The minimum atomic E-state index is -0.536. The molecule has 0 saturated heterocycles. The number of carbonyl (C=O) groups is 2. The fourth-order valence-corrected chi connectivity index (χ4v) is 5.67. The summed E-state index contributed by atoms with van der Waals surface area (Å²) in [5, 5.41) is 14.9. The molecule has 0 radical (unpaired) electrons. The molecule has 0 spiro atoms. The van der Waals surface area contributed by atoms with E-state index in [4.69, 9.17) is 21.1 Å². The van der Waals surface area contributed by atoms with Crippen molar-refractivity contribution in [2.75, 3.05) is 24.8 Å². The van der Waals surface area contributed by atoms with Crippen molar-refractivity contribution in [1.82, 2.24) is 14.8 Å². The summed E-state index contributed by atoms with van der Waals surface area (Å²) < 4.78 is 12.7. The summed E-state index contributed by atoms with van der Waals surface area (Å²) >= 11 is 8.52. The van der Waals surface area contributed by atoms with E-state index < -0.39 is 5.97 Å². The molecule has 0 fully saturated rings. The van der Waals surface area contributed by atoms with E-state index in [0.717, 1.165) is 29.7 Å². The van der Waals surface area contributed by atoms with Crippen molar-refractivity contribution in [3.05, 3.63) is 77.2 Å². The molecule has 0 aliphatic rings. The standard InChI is InChI=1S/C29H29ClN4O4S2/c1-4-6-16-38-22-13-9-20(10-14-22)26-32-33-29(34(26)15-5-2)40-18-24(35)31-27-25(28(36)37-3)23(17-39-27)19-7-11-21(30)12-8-19/h5,7-14,17H,2,4,6,15-16,18H2,1,3H3,(H,31,35). The third-order valence-electron chi connectivity index (χ3n) is 5.83. The number of carbonyl (C=O) groups excluding carboxylic acids is 2. The first-order chi connectivity index (χ1) is 19.4. The van der Waals surface area contributed by atoms with Crippen molar-refractivity contribution in [2.45, 2.75) is 31.5 Å². The Morgan fingerprint density at radius 1 is 1.12 bits per heavy atom. The van der Waals surface area contributed by atoms with Crippen LogP contribution in [0.5, 0.6) is 5.75 Å². The van der Waals surface area contributed by atoms with Crippen LogP contribution in [0, 0.1) is 0 Å². The van der Waals surface area contributed by atoms with Crippen LogP contribution in [0.2, 0.25) is 5.02 Å². The number of nitrogens with one attached hydrogen (secondary N) is 1. The van der Waals surface area contributed by atoms with Crippen LogP contribution in [0.15, 0.2) is 71.7 Å². The number of ether oxygens (including phenoxy) is 2. The Labute approximate surface area is 246 Å². The maximum atomic E-state index is 12.9. The Bertz CT molecular complexity index is 1470. The topological polar surface area (TPSA) is 95.3 Å². The number of thiophene rings is 1. The summed E-state index contributed by atoms with van der Waals surface area (Å²) in [7, 11) is 1.31. The van der Waals surface area contributed by atoms with Gasteiger partial charge in [-0.05, 0) is 48.4 Å². The third kappa shape index (κ3) is 7.12. The van der Waals surface area contributed by atoms with E-state index >= 15 is 0 Å². The molecule has 40 heavy (non-hydrogen) atoms. The molecule has 0 unspecified atom stereocenters. The van der Waals surface area contributed by atoms with E-state index in [1.54, 1.807) is 18.2 Å². The second kappa shape index (κ2) is 14.2. The highest BCUT2D eigenvalue weighted by Gasteiger charge is 2.23. The lowest BCUT2D eigenvalue weighted by Crippen LogP contribution is -2.16. The molecule has 0 bridgehead atoms. The first-order valence-corrected chi connectivity index (χ1v) is 14.8. The SMILES string of the molecule is C=CCn1c(SCC(=O)Nc2scc(-c3ccc(Cl)cc3)c2C(=O)OC)nnc1-c1ccc(OCCCC)cc1. The van der Waals surface area contributed by atoms with Gasteiger partial charge in [-0.3, -0.25) is 9.36 Å². The normalized spacial score (nSPS) is 10.8. The van der Waals surface area contributed by atoms with Crippen LogP contribution in [0.25, 0.3) is 22.5 Å². The Morgan fingerprint density at radius 3 is 2.52 bits per heavy atom. The molecule has 0 atom stereocenters. The number of hydrogen-bond acceptors (Lipinski definition) is 8. The highest BCUT2D eigenvalue weighted by atomic mass is 35.5. The highest BCUT2D eigenvalue weighted by Crippen LogP contribution is 2.37. The van der Waals surface area contributed by atoms with Crippen molar-refractivity contribution in [3.8, 4) is 28.3 Å². The van der Waals surface area contributed by atoms with E-state index in [1.165, 1.54) is 30.2 Å². The molecular formula is C29H29ClN4O4S2. The van der Waals surface area contributed by atoms with Crippen LogP contribution >= 0.6 is 34.7 Å². The van der Waals surface area contributed by atoms with Gasteiger partial charge in [-0.2, -0.15) is 0 Å². The molecule has 208 valence electrons. The lowest BCUT2D eigenvalue weighted by molar-refractivity contribution is -0.113. The minimum absolute atomic E-state index is 0.0638. The fraction of sp³-hybridized carbons (Fsp3) is 0.241. The number of amides is 1. The summed E-state index contributed by atoms with van der Waals surface area (Å²) in [6.07, 6.45) is 3.83. The van der Waals surface area contributed by atoms with Gasteiger partial charge in [-0.1, -0.05) is 54.9 Å².